The lowest BCUT2D eigenvalue weighted by Crippen LogP contribution is -2.47. The van der Waals surface area contributed by atoms with Crippen LogP contribution < -0.4 is 9.21 Å². The molecule has 0 atom stereocenters. The summed E-state index contributed by atoms with van der Waals surface area (Å²) in [6.07, 6.45) is 0.779. The second-order valence-electron chi connectivity index (χ2n) is 8.24. The molecular formula is C24H25ClN4O2S3. The zero-order valence-electron chi connectivity index (χ0n) is 18.7. The van der Waals surface area contributed by atoms with Crippen molar-refractivity contribution in [3.8, 4) is 0 Å². The molecule has 0 saturated carbocycles. The van der Waals surface area contributed by atoms with Crippen LogP contribution in [0, 0.1) is 0 Å². The molecule has 0 aliphatic carbocycles. The van der Waals surface area contributed by atoms with Crippen LogP contribution in [0.1, 0.15) is 5.56 Å². The molecule has 1 fully saturated rings. The third-order valence-corrected chi connectivity index (χ3v) is 10.5. The molecular weight excluding hydrogens is 508 g/mol. The van der Waals surface area contributed by atoms with Crippen molar-refractivity contribution in [1.82, 2.24) is 9.27 Å². The Morgan fingerprint density at radius 2 is 1.74 bits per heavy atom. The van der Waals surface area contributed by atoms with Crippen molar-refractivity contribution in [3.63, 3.8) is 0 Å². The van der Waals surface area contributed by atoms with Gasteiger partial charge in [-0.15, -0.1) is 11.3 Å². The average Bonchev–Trinajstić information content (AvgIpc) is 3.50. The Labute approximate surface area is 213 Å². The monoisotopic (exact) mass is 532 g/mol. The zero-order chi connectivity index (χ0) is 23.7. The van der Waals surface area contributed by atoms with Gasteiger partial charge in [0.05, 0.1) is 14.7 Å². The highest BCUT2D eigenvalue weighted by atomic mass is 35.5. The molecule has 1 aliphatic heterocycles. The van der Waals surface area contributed by atoms with Crippen LogP contribution in [0.2, 0.25) is 4.34 Å². The Bertz CT molecular complexity index is 1390. The molecule has 10 heteroatoms. The van der Waals surface area contributed by atoms with Crippen LogP contribution in [0.5, 0.6) is 0 Å². The highest BCUT2D eigenvalue weighted by Crippen LogP contribution is 2.32. The van der Waals surface area contributed by atoms with Gasteiger partial charge in [-0.25, -0.2) is 8.42 Å². The standard InChI is InChI=1S/C24H25ClN4O2S3/c1-27(34(30,31)23-11-10-22(25)32-23)20-8-4-2-6-18(20)12-13-28-14-16-29(17-15-28)24-19-7-3-5-9-21(19)33-26-24/h2-11H,12-17H2,1H3. The van der Waals surface area contributed by atoms with E-state index in [4.69, 9.17) is 16.0 Å². The number of para-hydroxylation sites is 1. The number of sulfonamides is 1. The van der Waals surface area contributed by atoms with Crippen LogP contribution >= 0.6 is 34.5 Å². The second-order valence-corrected chi connectivity index (χ2v) is 13.0. The maximum absolute atomic E-state index is 13.1. The first-order valence-electron chi connectivity index (χ1n) is 11.1. The first-order chi connectivity index (χ1) is 16.4. The van der Waals surface area contributed by atoms with Crippen LogP contribution in [0.3, 0.4) is 0 Å². The minimum atomic E-state index is -3.65. The molecule has 2 aromatic carbocycles. The summed E-state index contributed by atoms with van der Waals surface area (Å²) in [4.78, 5) is 4.81. The molecule has 0 amide bonds. The molecule has 0 radical (unpaired) electrons. The van der Waals surface area contributed by atoms with Gasteiger partial charge in [0, 0.05) is 45.2 Å². The number of nitrogens with zero attached hydrogens (tertiary/aromatic N) is 4. The molecule has 1 aliphatic rings. The fourth-order valence-corrected chi connectivity index (χ4v) is 7.98. The number of hydrogen-bond donors (Lipinski definition) is 0. The Kier molecular flexibility index (Phi) is 6.81. The summed E-state index contributed by atoms with van der Waals surface area (Å²) in [6, 6.07) is 19.3. The third-order valence-electron chi connectivity index (χ3n) is 6.22. The van der Waals surface area contributed by atoms with E-state index in [1.54, 1.807) is 30.7 Å². The largest absolute Gasteiger partial charge is 0.353 e. The van der Waals surface area contributed by atoms with Gasteiger partial charge in [-0.1, -0.05) is 41.9 Å². The van der Waals surface area contributed by atoms with Crippen LogP contribution in [0.25, 0.3) is 10.1 Å². The Balaban J connectivity index is 1.24. The summed E-state index contributed by atoms with van der Waals surface area (Å²) in [5.74, 6) is 1.09. The predicted octanol–water partition coefficient (Wildman–Crippen LogP) is 5.20. The van der Waals surface area contributed by atoms with Gasteiger partial charge in [0.25, 0.3) is 10.0 Å². The van der Waals surface area contributed by atoms with Gasteiger partial charge in [-0.2, -0.15) is 4.37 Å². The maximum atomic E-state index is 13.1. The summed E-state index contributed by atoms with van der Waals surface area (Å²) >= 11 is 8.61. The highest BCUT2D eigenvalue weighted by Gasteiger charge is 2.25. The molecule has 0 bridgehead atoms. The van der Waals surface area contributed by atoms with E-state index in [1.165, 1.54) is 14.4 Å². The number of benzene rings is 2. The number of thiophene rings is 1. The lowest BCUT2D eigenvalue weighted by Gasteiger charge is -2.35. The van der Waals surface area contributed by atoms with E-state index in [-0.39, 0.29) is 4.21 Å². The predicted molar refractivity (Wildman–Crippen MR) is 143 cm³/mol. The molecule has 3 heterocycles. The van der Waals surface area contributed by atoms with Crippen LogP contribution in [0.4, 0.5) is 11.5 Å². The summed E-state index contributed by atoms with van der Waals surface area (Å²) < 4.78 is 34.2. The lowest BCUT2D eigenvalue weighted by atomic mass is 10.1. The molecule has 0 spiro atoms. The minimum absolute atomic E-state index is 0.250. The molecule has 178 valence electrons. The third kappa shape index (κ3) is 4.67. The molecule has 0 N–H and O–H groups in total. The topological polar surface area (TPSA) is 56.8 Å². The van der Waals surface area contributed by atoms with Crippen molar-refractivity contribution >= 4 is 66.1 Å². The van der Waals surface area contributed by atoms with E-state index in [0.717, 1.165) is 61.9 Å². The van der Waals surface area contributed by atoms with E-state index in [2.05, 4.69) is 34.1 Å². The fourth-order valence-electron chi connectivity index (χ4n) is 4.29. The fraction of sp³-hybridized carbons (Fsp3) is 0.292. The Hall–Kier alpha value is -2.17. The van der Waals surface area contributed by atoms with Crippen molar-refractivity contribution in [1.29, 1.82) is 0 Å². The van der Waals surface area contributed by atoms with Crippen LogP contribution in [0.15, 0.2) is 64.9 Å². The van der Waals surface area contributed by atoms with Crippen molar-refractivity contribution in [2.24, 2.45) is 0 Å². The molecule has 0 unspecified atom stereocenters. The van der Waals surface area contributed by atoms with Crippen LogP contribution in [-0.2, 0) is 16.4 Å². The van der Waals surface area contributed by atoms with Crippen molar-refractivity contribution in [2.45, 2.75) is 10.6 Å². The maximum Gasteiger partial charge on any atom is 0.273 e. The van der Waals surface area contributed by atoms with E-state index in [1.807, 2.05) is 24.3 Å². The average molecular weight is 533 g/mol. The van der Waals surface area contributed by atoms with Gasteiger partial charge in [0.2, 0.25) is 0 Å². The first-order valence-corrected chi connectivity index (χ1v) is 14.5. The SMILES string of the molecule is CN(c1ccccc1CCN1CCN(c2nsc3ccccc23)CC1)S(=O)(=O)c1ccc(Cl)s1. The van der Waals surface area contributed by atoms with Gasteiger partial charge in [0.15, 0.2) is 0 Å². The van der Waals surface area contributed by atoms with E-state index < -0.39 is 10.0 Å². The van der Waals surface area contributed by atoms with Crippen molar-refractivity contribution in [2.75, 3.05) is 49.0 Å². The number of halogens is 1. The molecule has 2 aromatic heterocycles. The number of piperazine rings is 1. The second kappa shape index (κ2) is 9.83. The van der Waals surface area contributed by atoms with Crippen molar-refractivity contribution in [3.05, 3.63) is 70.6 Å². The van der Waals surface area contributed by atoms with Crippen LogP contribution in [-0.4, -0.2) is 57.5 Å². The summed E-state index contributed by atoms with van der Waals surface area (Å²) in [7, 11) is -2.04. The van der Waals surface area contributed by atoms with Gasteiger partial charge in [0.1, 0.15) is 10.0 Å². The first kappa shape index (κ1) is 23.6. The number of fused-ring (bicyclic) bond motifs is 1. The van der Waals surface area contributed by atoms with Crippen molar-refractivity contribution < 1.29 is 8.42 Å². The Morgan fingerprint density at radius 3 is 2.50 bits per heavy atom. The van der Waals surface area contributed by atoms with E-state index in [9.17, 15) is 8.42 Å². The van der Waals surface area contributed by atoms with Gasteiger partial charge in [-0.05, 0) is 53.8 Å². The summed E-state index contributed by atoms with van der Waals surface area (Å²) in [5, 5.41) is 1.23. The number of rotatable bonds is 7. The normalized spacial score (nSPS) is 15.2. The molecule has 5 rings (SSSR count). The zero-order valence-corrected chi connectivity index (χ0v) is 21.9. The minimum Gasteiger partial charge on any atom is -0.353 e. The number of anilines is 2. The smallest absolute Gasteiger partial charge is 0.273 e. The number of aromatic nitrogens is 1. The quantitative estimate of drug-likeness (QED) is 0.327. The summed E-state index contributed by atoms with van der Waals surface area (Å²) in [5.41, 5.74) is 1.73. The van der Waals surface area contributed by atoms with E-state index >= 15 is 0 Å². The summed E-state index contributed by atoms with van der Waals surface area (Å²) in [6.45, 7) is 4.65. The molecule has 34 heavy (non-hydrogen) atoms. The molecule has 4 aromatic rings. The number of hydrogen-bond acceptors (Lipinski definition) is 7. The van der Waals surface area contributed by atoms with Gasteiger partial charge in [-0.3, -0.25) is 9.21 Å². The Morgan fingerprint density at radius 1 is 1.00 bits per heavy atom. The molecule has 1 saturated heterocycles. The lowest BCUT2D eigenvalue weighted by molar-refractivity contribution is 0.261. The van der Waals surface area contributed by atoms with E-state index in [0.29, 0.717) is 10.0 Å². The molecule has 6 nitrogen and oxygen atoms in total. The highest BCUT2D eigenvalue weighted by molar-refractivity contribution is 7.94. The van der Waals surface area contributed by atoms with Gasteiger partial charge >= 0.3 is 0 Å². The van der Waals surface area contributed by atoms with Gasteiger partial charge < -0.3 is 4.90 Å².